The van der Waals surface area contributed by atoms with Crippen LogP contribution in [0.2, 0.25) is 0 Å². The van der Waals surface area contributed by atoms with E-state index in [-0.39, 0.29) is 36.6 Å². The van der Waals surface area contributed by atoms with E-state index in [2.05, 4.69) is 22.6 Å². The molecule has 0 spiro atoms. The Kier molecular flexibility index (Phi) is 8.95. The Morgan fingerprint density at radius 2 is 1.94 bits per heavy atom. The maximum atomic E-state index is 11.8. The van der Waals surface area contributed by atoms with Crippen LogP contribution in [0, 0.1) is 11.8 Å². The number of amides is 1. The number of likely N-dealkylation sites (tertiary alicyclic amines) is 1. The summed E-state index contributed by atoms with van der Waals surface area (Å²) in [5, 5.41) is 6.34. The first-order chi connectivity index (χ1) is 7.75. The topological polar surface area (TPSA) is 44.4 Å². The van der Waals surface area contributed by atoms with E-state index in [0.717, 1.165) is 26.1 Å². The van der Waals surface area contributed by atoms with E-state index in [1.165, 1.54) is 25.9 Å². The third-order valence-corrected chi connectivity index (χ3v) is 3.83. The van der Waals surface area contributed by atoms with Crippen LogP contribution in [-0.2, 0) is 4.79 Å². The van der Waals surface area contributed by atoms with Crippen molar-refractivity contribution in [2.45, 2.75) is 19.3 Å². The first-order valence-electron chi connectivity index (χ1n) is 6.42. The van der Waals surface area contributed by atoms with E-state index in [1.807, 2.05) is 0 Å². The van der Waals surface area contributed by atoms with Gasteiger partial charge < -0.3 is 15.5 Å². The van der Waals surface area contributed by atoms with Gasteiger partial charge in [-0.1, -0.05) is 0 Å². The van der Waals surface area contributed by atoms with Crippen LogP contribution < -0.4 is 10.6 Å². The molecule has 0 aromatic carbocycles. The second kappa shape index (κ2) is 8.97. The monoisotopic (exact) mass is 297 g/mol. The summed E-state index contributed by atoms with van der Waals surface area (Å²) in [7, 11) is 2.17. The minimum absolute atomic E-state index is 0. The normalized spacial score (nSPS) is 25.1. The molecule has 0 radical (unpaired) electrons. The molecule has 2 aliphatic heterocycles. The molecule has 0 bridgehead atoms. The van der Waals surface area contributed by atoms with Crippen molar-refractivity contribution in [2.75, 3.05) is 39.8 Å². The zero-order chi connectivity index (χ0) is 11.4. The second-order valence-electron chi connectivity index (χ2n) is 5.18. The summed E-state index contributed by atoms with van der Waals surface area (Å²) in [5.74, 6) is 1.16. The molecular weight excluding hydrogens is 273 g/mol. The number of nitrogens with zero attached hydrogens (tertiary/aromatic N) is 1. The summed E-state index contributed by atoms with van der Waals surface area (Å²) in [6, 6.07) is 0. The maximum absolute atomic E-state index is 11.8. The molecule has 2 N–H and O–H groups in total. The standard InChI is InChI=1S/C12H23N3O.2ClH/c1-15-6-3-10(4-7-15)8-14-12(16)11-2-5-13-9-11;;/h10-11,13H,2-9H2,1H3,(H,14,16);2*1H. The van der Waals surface area contributed by atoms with Gasteiger partial charge in [-0.25, -0.2) is 0 Å². The van der Waals surface area contributed by atoms with Gasteiger partial charge in [-0.3, -0.25) is 4.79 Å². The summed E-state index contributed by atoms with van der Waals surface area (Å²) >= 11 is 0. The van der Waals surface area contributed by atoms with Gasteiger partial charge in [-0.15, -0.1) is 24.8 Å². The van der Waals surface area contributed by atoms with Crippen molar-refractivity contribution in [3.63, 3.8) is 0 Å². The molecule has 1 atom stereocenters. The van der Waals surface area contributed by atoms with Crippen LogP contribution in [0.1, 0.15) is 19.3 Å². The third kappa shape index (κ3) is 5.31. The number of nitrogens with one attached hydrogen (secondary N) is 2. The molecule has 2 heterocycles. The number of carbonyl (C=O) groups is 1. The number of halogens is 2. The summed E-state index contributed by atoms with van der Waals surface area (Å²) < 4.78 is 0. The third-order valence-electron chi connectivity index (χ3n) is 3.83. The van der Waals surface area contributed by atoms with Gasteiger partial charge in [-0.2, -0.15) is 0 Å². The van der Waals surface area contributed by atoms with Gasteiger partial charge in [0, 0.05) is 13.1 Å². The summed E-state index contributed by atoms with van der Waals surface area (Å²) in [5.41, 5.74) is 0. The van der Waals surface area contributed by atoms with Crippen LogP contribution in [0.5, 0.6) is 0 Å². The Morgan fingerprint density at radius 3 is 2.50 bits per heavy atom. The average molecular weight is 298 g/mol. The molecule has 4 nitrogen and oxygen atoms in total. The molecule has 2 aliphatic rings. The molecule has 1 unspecified atom stereocenters. The lowest BCUT2D eigenvalue weighted by molar-refractivity contribution is -0.124. The van der Waals surface area contributed by atoms with Gasteiger partial charge in [0.25, 0.3) is 0 Å². The predicted octanol–water partition coefficient (Wildman–Crippen LogP) is 0.898. The zero-order valence-electron chi connectivity index (χ0n) is 11.0. The average Bonchev–Trinajstić information content (AvgIpc) is 2.81. The van der Waals surface area contributed by atoms with Crippen molar-refractivity contribution in [1.29, 1.82) is 0 Å². The summed E-state index contributed by atoms with van der Waals surface area (Å²) in [6.45, 7) is 5.08. The van der Waals surface area contributed by atoms with Crippen LogP contribution in [0.3, 0.4) is 0 Å². The van der Waals surface area contributed by atoms with E-state index in [4.69, 9.17) is 0 Å². The molecule has 0 aliphatic carbocycles. The van der Waals surface area contributed by atoms with Crippen molar-refractivity contribution in [1.82, 2.24) is 15.5 Å². The van der Waals surface area contributed by atoms with Crippen molar-refractivity contribution in [2.24, 2.45) is 11.8 Å². The highest BCUT2D eigenvalue weighted by Crippen LogP contribution is 2.15. The molecule has 0 aromatic rings. The van der Waals surface area contributed by atoms with Gasteiger partial charge in [0.1, 0.15) is 0 Å². The smallest absolute Gasteiger partial charge is 0.224 e. The van der Waals surface area contributed by atoms with E-state index in [1.54, 1.807) is 0 Å². The first-order valence-corrected chi connectivity index (χ1v) is 6.42. The maximum Gasteiger partial charge on any atom is 0.224 e. The molecule has 0 saturated carbocycles. The van der Waals surface area contributed by atoms with Crippen LogP contribution in [0.25, 0.3) is 0 Å². The molecular formula is C12H25Cl2N3O. The SMILES string of the molecule is CN1CCC(CNC(=O)C2CCNC2)CC1.Cl.Cl. The highest BCUT2D eigenvalue weighted by molar-refractivity contribution is 5.85. The molecule has 2 rings (SSSR count). The van der Waals surface area contributed by atoms with Gasteiger partial charge in [0.2, 0.25) is 5.91 Å². The van der Waals surface area contributed by atoms with Gasteiger partial charge in [-0.05, 0) is 51.9 Å². The molecule has 108 valence electrons. The minimum atomic E-state index is 0. The zero-order valence-corrected chi connectivity index (χ0v) is 12.6. The van der Waals surface area contributed by atoms with Crippen LogP contribution in [0.15, 0.2) is 0 Å². The van der Waals surface area contributed by atoms with Crippen LogP contribution in [0.4, 0.5) is 0 Å². The number of rotatable bonds is 3. The Hall–Kier alpha value is -0.0300. The van der Waals surface area contributed by atoms with Gasteiger partial charge in [0.15, 0.2) is 0 Å². The van der Waals surface area contributed by atoms with Gasteiger partial charge in [0.05, 0.1) is 5.92 Å². The lowest BCUT2D eigenvalue weighted by atomic mass is 9.97. The minimum Gasteiger partial charge on any atom is -0.356 e. The first kappa shape index (κ1) is 18.0. The number of hydrogen-bond acceptors (Lipinski definition) is 3. The van der Waals surface area contributed by atoms with Crippen molar-refractivity contribution < 1.29 is 4.79 Å². The molecule has 1 amide bonds. The van der Waals surface area contributed by atoms with Crippen LogP contribution >= 0.6 is 24.8 Å². The lowest BCUT2D eigenvalue weighted by Gasteiger charge is -2.29. The Balaban J connectivity index is 0.00000144. The predicted molar refractivity (Wildman–Crippen MR) is 78.7 cm³/mol. The summed E-state index contributed by atoms with van der Waals surface area (Å²) in [6.07, 6.45) is 3.44. The molecule has 2 fully saturated rings. The largest absolute Gasteiger partial charge is 0.356 e. The van der Waals surface area contributed by atoms with Crippen molar-refractivity contribution >= 4 is 30.7 Å². The second-order valence-corrected chi connectivity index (χ2v) is 5.18. The van der Waals surface area contributed by atoms with E-state index in [9.17, 15) is 4.79 Å². The van der Waals surface area contributed by atoms with Gasteiger partial charge >= 0.3 is 0 Å². The highest BCUT2D eigenvalue weighted by atomic mass is 35.5. The molecule has 2 saturated heterocycles. The number of hydrogen-bond donors (Lipinski definition) is 2. The quantitative estimate of drug-likeness (QED) is 0.813. The Morgan fingerprint density at radius 1 is 1.28 bits per heavy atom. The number of piperidine rings is 1. The summed E-state index contributed by atoms with van der Waals surface area (Å²) in [4.78, 5) is 14.2. The Labute approximate surface area is 122 Å². The molecule has 6 heteroatoms. The highest BCUT2D eigenvalue weighted by Gasteiger charge is 2.23. The van der Waals surface area contributed by atoms with E-state index in [0.29, 0.717) is 5.92 Å². The fourth-order valence-corrected chi connectivity index (χ4v) is 2.53. The van der Waals surface area contributed by atoms with E-state index >= 15 is 0 Å². The number of carbonyl (C=O) groups excluding carboxylic acids is 1. The van der Waals surface area contributed by atoms with E-state index < -0.39 is 0 Å². The lowest BCUT2D eigenvalue weighted by Crippen LogP contribution is -2.39. The van der Waals surface area contributed by atoms with Crippen molar-refractivity contribution in [3.8, 4) is 0 Å². The Bertz CT molecular complexity index is 239. The fourth-order valence-electron chi connectivity index (χ4n) is 2.53. The molecule has 18 heavy (non-hydrogen) atoms. The van der Waals surface area contributed by atoms with Crippen molar-refractivity contribution in [3.05, 3.63) is 0 Å². The van der Waals surface area contributed by atoms with Crippen LogP contribution in [-0.4, -0.2) is 50.6 Å². The fraction of sp³-hybridized carbons (Fsp3) is 0.917. The molecule has 0 aromatic heterocycles.